The van der Waals surface area contributed by atoms with Gasteiger partial charge in [0.15, 0.2) is 0 Å². The number of nitrogen functional groups attached to an aromatic ring is 1. The van der Waals surface area contributed by atoms with E-state index in [0.29, 0.717) is 5.92 Å². The summed E-state index contributed by atoms with van der Waals surface area (Å²) in [6.07, 6.45) is 1.84. The Labute approximate surface area is 101 Å². The lowest BCUT2D eigenvalue weighted by Crippen LogP contribution is -1.97. The molecule has 0 amide bonds. The fourth-order valence-corrected chi connectivity index (χ4v) is 1.72. The number of nitrogens with zero attached hydrogens (tertiary/aromatic N) is 2. The fourth-order valence-electron chi connectivity index (χ4n) is 1.72. The van der Waals surface area contributed by atoms with Crippen molar-refractivity contribution in [3.05, 3.63) is 36.2 Å². The minimum atomic E-state index is 0.328. The van der Waals surface area contributed by atoms with E-state index in [4.69, 9.17) is 10.5 Å². The van der Waals surface area contributed by atoms with Crippen molar-refractivity contribution in [2.75, 3.05) is 12.8 Å². The Bertz CT molecular complexity index is 500. The highest BCUT2D eigenvalue weighted by Gasteiger charge is 2.10. The molecule has 90 valence electrons. The normalized spacial score (nSPS) is 10.8. The van der Waals surface area contributed by atoms with Crippen LogP contribution in [-0.2, 0) is 0 Å². The first-order valence-electron chi connectivity index (χ1n) is 5.61. The summed E-state index contributed by atoms with van der Waals surface area (Å²) in [6, 6.07) is 7.72. The molecule has 0 atom stereocenters. The van der Waals surface area contributed by atoms with Crippen LogP contribution in [0.1, 0.15) is 25.5 Å². The van der Waals surface area contributed by atoms with Crippen LogP contribution >= 0.6 is 0 Å². The maximum atomic E-state index is 5.93. The van der Waals surface area contributed by atoms with Crippen LogP contribution in [0.4, 0.5) is 5.69 Å². The second-order valence-corrected chi connectivity index (χ2v) is 4.27. The number of hydrogen-bond donors (Lipinski definition) is 1. The first kappa shape index (κ1) is 11.5. The number of aromatic nitrogens is 2. The summed E-state index contributed by atoms with van der Waals surface area (Å²) in [4.78, 5) is 0. The molecule has 1 heterocycles. The van der Waals surface area contributed by atoms with Gasteiger partial charge in [-0.1, -0.05) is 13.8 Å². The van der Waals surface area contributed by atoms with Gasteiger partial charge in [0.25, 0.3) is 0 Å². The maximum absolute atomic E-state index is 5.93. The number of benzene rings is 1. The molecule has 0 bridgehead atoms. The second kappa shape index (κ2) is 4.49. The highest BCUT2D eigenvalue weighted by atomic mass is 16.5. The Morgan fingerprint density at radius 3 is 2.35 bits per heavy atom. The van der Waals surface area contributed by atoms with E-state index in [-0.39, 0.29) is 0 Å². The Hall–Kier alpha value is -1.97. The van der Waals surface area contributed by atoms with Crippen molar-refractivity contribution in [1.29, 1.82) is 0 Å². The van der Waals surface area contributed by atoms with Crippen molar-refractivity contribution < 1.29 is 4.74 Å². The van der Waals surface area contributed by atoms with Crippen LogP contribution in [0.25, 0.3) is 5.69 Å². The van der Waals surface area contributed by atoms with Crippen LogP contribution in [0.5, 0.6) is 5.75 Å². The molecule has 2 N–H and O–H groups in total. The number of hydrogen-bond acceptors (Lipinski definition) is 3. The van der Waals surface area contributed by atoms with Crippen molar-refractivity contribution in [2.45, 2.75) is 19.8 Å². The molecule has 0 radical (unpaired) electrons. The quantitative estimate of drug-likeness (QED) is 0.883. The zero-order chi connectivity index (χ0) is 12.4. The van der Waals surface area contributed by atoms with Crippen LogP contribution in [0.2, 0.25) is 0 Å². The van der Waals surface area contributed by atoms with Gasteiger partial charge < -0.3 is 10.5 Å². The predicted octanol–water partition coefficient (Wildman–Crippen LogP) is 2.59. The summed E-state index contributed by atoms with van der Waals surface area (Å²) in [5, 5.41) is 4.49. The topological polar surface area (TPSA) is 53.1 Å². The zero-order valence-electron chi connectivity index (χ0n) is 10.3. The SMILES string of the molecule is COc1ccc(-n2cc(N)c(C(C)C)n2)cc1. The molecule has 0 unspecified atom stereocenters. The molecule has 0 fully saturated rings. The van der Waals surface area contributed by atoms with Crippen LogP contribution in [-0.4, -0.2) is 16.9 Å². The molecule has 0 spiro atoms. The van der Waals surface area contributed by atoms with Gasteiger partial charge in [0.1, 0.15) is 5.75 Å². The predicted molar refractivity (Wildman–Crippen MR) is 68.6 cm³/mol. The molecule has 2 aromatic rings. The summed E-state index contributed by atoms with van der Waals surface area (Å²) < 4.78 is 6.91. The number of rotatable bonds is 3. The van der Waals surface area contributed by atoms with Gasteiger partial charge in [-0.05, 0) is 30.2 Å². The van der Waals surface area contributed by atoms with Gasteiger partial charge in [-0.3, -0.25) is 0 Å². The van der Waals surface area contributed by atoms with Crippen LogP contribution < -0.4 is 10.5 Å². The van der Waals surface area contributed by atoms with Crippen molar-refractivity contribution in [2.24, 2.45) is 0 Å². The van der Waals surface area contributed by atoms with Crippen LogP contribution in [0, 0.1) is 0 Å². The molecular formula is C13H17N3O. The summed E-state index contributed by atoms with van der Waals surface area (Å²) >= 11 is 0. The van der Waals surface area contributed by atoms with Crippen molar-refractivity contribution in [3.8, 4) is 11.4 Å². The van der Waals surface area contributed by atoms with Crippen molar-refractivity contribution in [1.82, 2.24) is 9.78 Å². The van der Waals surface area contributed by atoms with Gasteiger partial charge in [0, 0.05) is 0 Å². The average Bonchev–Trinajstić information content (AvgIpc) is 2.71. The van der Waals surface area contributed by atoms with Gasteiger partial charge in [-0.15, -0.1) is 0 Å². The monoisotopic (exact) mass is 231 g/mol. The smallest absolute Gasteiger partial charge is 0.119 e. The Morgan fingerprint density at radius 1 is 1.24 bits per heavy atom. The molecule has 0 aliphatic carbocycles. The zero-order valence-corrected chi connectivity index (χ0v) is 10.3. The summed E-state index contributed by atoms with van der Waals surface area (Å²) in [5.41, 5.74) is 8.57. The maximum Gasteiger partial charge on any atom is 0.119 e. The second-order valence-electron chi connectivity index (χ2n) is 4.27. The standard InChI is InChI=1S/C13H17N3O/c1-9(2)13-12(14)8-16(15-13)10-4-6-11(17-3)7-5-10/h4-9H,14H2,1-3H3. The highest BCUT2D eigenvalue weighted by molar-refractivity contribution is 5.46. The number of methoxy groups -OCH3 is 1. The average molecular weight is 231 g/mol. The molecule has 0 saturated heterocycles. The third kappa shape index (κ3) is 2.25. The van der Waals surface area contributed by atoms with Gasteiger partial charge >= 0.3 is 0 Å². The lowest BCUT2D eigenvalue weighted by Gasteiger charge is -2.03. The summed E-state index contributed by atoms with van der Waals surface area (Å²) in [7, 11) is 1.65. The molecular weight excluding hydrogens is 214 g/mol. The van der Waals surface area contributed by atoms with E-state index < -0.39 is 0 Å². The first-order chi connectivity index (χ1) is 8.11. The summed E-state index contributed by atoms with van der Waals surface area (Å²) in [5.74, 6) is 1.16. The minimum absolute atomic E-state index is 0.328. The molecule has 4 heteroatoms. The molecule has 2 rings (SSSR count). The molecule has 0 saturated carbocycles. The first-order valence-corrected chi connectivity index (χ1v) is 5.61. The molecule has 1 aromatic carbocycles. The number of ether oxygens (including phenoxy) is 1. The van der Waals surface area contributed by atoms with Gasteiger partial charge in [-0.2, -0.15) is 5.10 Å². The third-order valence-corrected chi connectivity index (χ3v) is 2.66. The lowest BCUT2D eigenvalue weighted by atomic mass is 10.1. The fraction of sp³-hybridized carbons (Fsp3) is 0.308. The van der Waals surface area contributed by atoms with Crippen molar-refractivity contribution in [3.63, 3.8) is 0 Å². The largest absolute Gasteiger partial charge is 0.497 e. The molecule has 1 aromatic heterocycles. The Morgan fingerprint density at radius 2 is 1.88 bits per heavy atom. The third-order valence-electron chi connectivity index (χ3n) is 2.66. The van der Waals surface area contributed by atoms with E-state index in [0.717, 1.165) is 22.8 Å². The van der Waals surface area contributed by atoms with Crippen LogP contribution in [0.15, 0.2) is 30.5 Å². The molecule has 0 aliphatic heterocycles. The minimum Gasteiger partial charge on any atom is -0.497 e. The van der Waals surface area contributed by atoms with E-state index in [2.05, 4.69) is 18.9 Å². The van der Waals surface area contributed by atoms with Gasteiger partial charge in [0.2, 0.25) is 0 Å². The van der Waals surface area contributed by atoms with E-state index in [1.54, 1.807) is 11.8 Å². The van der Waals surface area contributed by atoms with Gasteiger partial charge in [-0.25, -0.2) is 4.68 Å². The Balaban J connectivity index is 2.36. The number of anilines is 1. The van der Waals surface area contributed by atoms with Crippen LogP contribution in [0.3, 0.4) is 0 Å². The van der Waals surface area contributed by atoms with Crippen molar-refractivity contribution >= 4 is 5.69 Å². The molecule has 4 nitrogen and oxygen atoms in total. The molecule has 17 heavy (non-hydrogen) atoms. The highest BCUT2D eigenvalue weighted by Crippen LogP contribution is 2.22. The van der Waals surface area contributed by atoms with E-state index >= 15 is 0 Å². The number of nitrogens with two attached hydrogens (primary N) is 1. The molecule has 0 aliphatic rings. The van der Waals surface area contributed by atoms with E-state index in [1.165, 1.54) is 0 Å². The van der Waals surface area contributed by atoms with Gasteiger partial charge in [0.05, 0.1) is 30.4 Å². The van der Waals surface area contributed by atoms with E-state index in [9.17, 15) is 0 Å². The van der Waals surface area contributed by atoms with E-state index in [1.807, 2.05) is 30.5 Å². The summed E-state index contributed by atoms with van der Waals surface area (Å²) in [6.45, 7) is 4.16. The Kier molecular flexibility index (Phi) is 3.04. The lowest BCUT2D eigenvalue weighted by molar-refractivity contribution is 0.414.